The van der Waals surface area contributed by atoms with E-state index in [0.29, 0.717) is 18.1 Å². The minimum Gasteiger partial charge on any atom is -0.360 e. The van der Waals surface area contributed by atoms with Gasteiger partial charge < -0.3 is 4.74 Å². The van der Waals surface area contributed by atoms with Crippen molar-refractivity contribution in [3.05, 3.63) is 35.0 Å². The van der Waals surface area contributed by atoms with E-state index in [1.165, 1.54) is 4.68 Å². The van der Waals surface area contributed by atoms with Crippen molar-refractivity contribution < 1.29 is 4.74 Å². The first-order valence-corrected chi connectivity index (χ1v) is 10.7. The van der Waals surface area contributed by atoms with Crippen LogP contribution in [-0.4, -0.2) is 34.0 Å². The van der Waals surface area contributed by atoms with Crippen molar-refractivity contribution in [2.45, 2.75) is 32.4 Å². The van der Waals surface area contributed by atoms with Gasteiger partial charge in [-0.3, -0.25) is 14.2 Å². The van der Waals surface area contributed by atoms with Crippen LogP contribution in [0.3, 0.4) is 0 Å². The van der Waals surface area contributed by atoms with E-state index >= 15 is 0 Å². The van der Waals surface area contributed by atoms with Crippen molar-refractivity contribution in [2.75, 3.05) is 6.61 Å². The standard InChI is InChI=1S/C14H22N4O2Si/c1-17-14(19)12(13-15-6-5-7-16-13)10-18(17)11-20-8-9-21(2,3)4/h5-7,10H,8-9,11H2,1-4H3. The zero-order chi connectivity index (χ0) is 15.5. The number of aromatic nitrogens is 4. The minimum atomic E-state index is -1.09. The first-order valence-electron chi connectivity index (χ1n) is 7.00. The lowest BCUT2D eigenvalue weighted by molar-refractivity contribution is 0.0703. The molecule has 0 fully saturated rings. The van der Waals surface area contributed by atoms with Gasteiger partial charge in [0.25, 0.3) is 5.56 Å². The van der Waals surface area contributed by atoms with Crippen LogP contribution in [0.1, 0.15) is 0 Å². The van der Waals surface area contributed by atoms with E-state index < -0.39 is 8.07 Å². The topological polar surface area (TPSA) is 61.9 Å². The average molecular weight is 306 g/mol. The number of ether oxygens (including phenoxy) is 1. The van der Waals surface area contributed by atoms with Crippen molar-refractivity contribution in [2.24, 2.45) is 7.05 Å². The zero-order valence-electron chi connectivity index (χ0n) is 13.0. The van der Waals surface area contributed by atoms with Gasteiger partial charge in [-0.1, -0.05) is 19.6 Å². The number of hydrogen-bond donors (Lipinski definition) is 0. The molecule has 0 aliphatic heterocycles. The van der Waals surface area contributed by atoms with E-state index in [4.69, 9.17) is 4.74 Å². The third-order valence-corrected chi connectivity index (χ3v) is 4.92. The number of nitrogens with zero attached hydrogens (tertiary/aromatic N) is 4. The fourth-order valence-corrected chi connectivity index (χ4v) is 2.59. The Morgan fingerprint density at radius 1 is 1.24 bits per heavy atom. The van der Waals surface area contributed by atoms with Gasteiger partial charge in [-0.25, -0.2) is 9.97 Å². The summed E-state index contributed by atoms with van der Waals surface area (Å²) in [6, 6.07) is 2.83. The summed E-state index contributed by atoms with van der Waals surface area (Å²) in [5.41, 5.74) is 0.377. The SMILES string of the molecule is Cn1c(=O)c(-c2ncccn2)cn1COCC[Si](C)(C)C. The molecule has 0 atom stereocenters. The van der Waals surface area contributed by atoms with E-state index in [1.807, 2.05) is 0 Å². The number of hydrogen-bond acceptors (Lipinski definition) is 4. The van der Waals surface area contributed by atoms with Crippen LogP contribution >= 0.6 is 0 Å². The summed E-state index contributed by atoms with van der Waals surface area (Å²) < 4.78 is 8.95. The first kappa shape index (κ1) is 15.7. The van der Waals surface area contributed by atoms with Gasteiger partial charge in [-0.05, 0) is 12.1 Å². The molecular formula is C14H22N4O2Si. The second-order valence-electron chi connectivity index (χ2n) is 6.23. The summed E-state index contributed by atoms with van der Waals surface area (Å²) >= 11 is 0. The highest BCUT2D eigenvalue weighted by Crippen LogP contribution is 2.10. The third-order valence-electron chi connectivity index (χ3n) is 3.21. The van der Waals surface area contributed by atoms with Gasteiger partial charge in [-0.15, -0.1) is 0 Å². The van der Waals surface area contributed by atoms with Crippen molar-refractivity contribution in [1.82, 2.24) is 19.3 Å². The maximum Gasteiger partial charge on any atom is 0.277 e. The van der Waals surface area contributed by atoms with Crippen LogP contribution in [0.2, 0.25) is 25.7 Å². The normalized spacial score (nSPS) is 11.8. The summed E-state index contributed by atoms with van der Waals surface area (Å²) in [4.78, 5) is 20.4. The Balaban J connectivity index is 2.07. The van der Waals surface area contributed by atoms with E-state index in [2.05, 4.69) is 29.6 Å². The molecule has 2 aromatic heterocycles. The average Bonchev–Trinajstić information content (AvgIpc) is 2.72. The van der Waals surface area contributed by atoms with Gasteiger partial charge in [0.15, 0.2) is 5.82 Å². The van der Waals surface area contributed by atoms with Gasteiger partial charge >= 0.3 is 0 Å². The van der Waals surface area contributed by atoms with Crippen LogP contribution in [0, 0.1) is 0 Å². The summed E-state index contributed by atoms with van der Waals surface area (Å²) in [6.45, 7) is 8.02. The molecule has 2 aromatic rings. The molecule has 0 aliphatic rings. The van der Waals surface area contributed by atoms with E-state index in [-0.39, 0.29) is 5.56 Å². The highest BCUT2D eigenvalue weighted by molar-refractivity contribution is 6.76. The van der Waals surface area contributed by atoms with Gasteiger partial charge in [0.2, 0.25) is 0 Å². The quantitative estimate of drug-likeness (QED) is 0.604. The molecular weight excluding hydrogens is 284 g/mol. The van der Waals surface area contributed by atoms with Crippen molar-refractivity contribution in [3.63, 3.8) is 0 Å². The molecule has 0 amide bonds. The molecule has 2 rings (SSSR count). The van der Waals surface area contributed by atoms with E-state index in [1.54, 1.807) is 36.4 Å². The van der Waals surface area contributed by atoms with Crippen molar-refractivity contribution in [1.29, 1.82) is 0 Å². The Morgan fingerprint density at radius 2 is 1.90 bits per heavy atom. The smallest absolute Gasteiger partial charge is 0.277 e. The first-order chi connectivity index (χ1) is 9.88. The maximum absolute atomic E-state index is 12.2. The lowest BCUT2D eigenvalue weighted by Crippen LogP contribution is -2.24. The molecule has 0 radical (unpaired) electrons. The van der Waals surface area contributed by atoms with Crippen LogP contribution in [0.15, 0.2) is 29.5 Å². The number of rotatable bonds is 6. The monoisotopic (exact) mass is 306 g/mol. The highest BCUT2D eigenvalue weighted by atomic mass is 28.3. The molecule has 114 valence electrons. The second kappa shape index (κ2) is 6.36. The highest BCUT2D eigenvalue weighted by Gasteiger charge is 2.14. The predicted molar refractivity (Wildman–Crippen MR) is 84.8 cm³/mol. The van der Waals surface area contributed by atoms with Crippen molar-refractivity contribution in [3.8, 4) is 11.4 Å². The summed E-state index contributed by atoms with van der Waals surface area (Å²) in [5.74, 6) is 0.443. The molecule has 0 N–H and O–H groups in total. The zero-order valence-corrected chi connectivity index (χ0v) is 14.0. The Labute approximate surface area is 125 Å². The van der Waals surface area contributed by atoms with Crippen LogP contribution in [0.4, 0.5) is 0 Å². The molecule has 0 aliphatic carbocycles. The minimum absolute atomic E-state index is 0.116. The van der Waals surface area contributed by atoms with Crippen LogP contribution in [-0.2, 0) is 18.5 Å². The van der Waals surface area contributed by atoms with Gasteiger partial charge in [0, 0.05) is 40.3 Å². The Bertz CT molecular complexity index is 643. The summed E-state index contributed by atoms with van der Waals surface area (Å²) in [5, 5.41) is 0. The molecule has 0 spiro atoms. The Hall–Kier alpha value is -1.73. The van der Waals surface area contributed by atoms with Gasteiger partial charge in [-0.2, -0.15) is 0 Å². The molecule has 0 saturated carbocycles. The lowest BCUT2D eigenvalue weighted by atomic mass is 10.3. The van der Waals surface area contributed by atoms with Crippen LogP contribution in [0.25, 0.3) is 11.4 Å². The molecule has 0 saturated heterocycles. The Morgan fingerprint density at radius 3 is 2.52 bits per heavy atom. The van der Waals surface area contributed by atoms with E-state index in [9.17, 15) is 4.79 Å². The summed E-state index contributed by atoms with van der Waals surface area (Å²) in [7, 11) is 0.629. The molecule has 7 heteroatoms. The molecule has 2 heterocycles. The fraction of sp³-hybridized carbons (Fsp3) is 0.500. The second-order valence-corrected chi connectivity index (χ2v) is 11.9. The molecule has 0 aromatic carbocycles. The van der Waals surface area contributed by atoms with Gasteiger partial charge in [0.05, 0.1) is 0 Å². The third kappa shape index (κ3) is 4.12. The lowest BCUT2D eigenvalue weighted by Gasteiger charge is -2.16. The largest absolute Gasteiger partial charge is 0.360 e. The molecule has 6 nitrogen and oxygen atoms in total. The fourth-order valence-electron chi connectivity index (χ4n) is 1.83. The molecule has 0 bridgehead atoms. The van der Waals surface area contributed by atoms with Crippen LogP contribution in [0.5, 0.6) is 0 Å². The predicted octanol–water partition coefficient (Wildman–Crippen LogP) is 1.96. The van der Waals surface area contributed by atoms with Gasteiger partial charge in [0.1, 0.15) is 12.3 Å². The maximum atomic E-state index is 12.2. The van der Waals surface area contributed by atoms with Crippen LogP contribution < -0.4 is 5.56 Å². The van der Waals surface area contributed by atoms with E-state index in [0.717, 1.165) is 12.7 Å². The summed E-state index contributed by atoms with van der Waals surface area (Å²) in [6.07, 6.45) is 5.00. The Kier molecular flexibility index (Phi) is 4.74. The molecule has 21 heavy (non-hydrogen) atoms. The molecule has 0 unspecified atom stereocenters. The van der Waals surface area contributed by atoms with Crippen molar-refractivity contribution >= 4 is 8.07 Å².